The lowest BCUT2D eigenvalue weighted by Crippen LogP contribution is -2.25. The summed E-state index contributed by atoms with van der Waals surface area (Å²) in [6.07, 6.45) is 0. The number of halogens is 2. The van der Waals surface area contributed by atoms with Gasteiger partial charge in [-0.1, -0.05) is 11.6 Å². The van der Waals surface area contributed by atoms with E-state index < -0.39 is 21.7 Å². The number of rotatable bonds is 5. The van der Waals surface area contributed by atoms with E-state index >= 15 is 0 Å². The molecule has 0 radical (unpaired) electrons. The molecule has 0 heterocycles. The molecule has 0 saturated heterocycles. The maximum Gasteiger partial charge on any atom is 0.277 e. The number of sulfonamides is 1. The summed E-state index contributed by atoms with van der Waals surface area (Å²) in [5.41, 5.74) is 0.251. The number of hydroxylamine groups is 2. The third-order valence-corrected chi connectivity index (χ3v) is 4.99. The first-order chi connectivity index (χ1) is 11.2. The Morgan fingerprint density at radius 3 is 2.42 bits per heavy atom. The highest BCUT2D eigenvalue weighted by Crippen LogP contribution is 2.25. The second kappa shape index (κ2) is 7.16. The van der Waals surface area contributed by atoms with Gasteiger partial charge in [-0.25, -0.2) is 17.9 Å². The summed E-state index contributed by atoms with van der Waals surface area (Å²) in [5.74, 6) is -1.03. The highest BCUT2D eigenvalue weighted by atomic mass is 35.5. The van der Waals surface area contributed by atoms with E-state index in [-0.39, 0.29) is 21.2 Å². The zero-order valence-electron chi connectivity index (χ0n) is 12.8. The van der Waals surface area contributed by atoms with Crippen molar-refractivity contribution in [1.29, 1.82) is 0 Å². The molecule has 0 aliphatic heterocycles. The maximum atomic E-state index is 12.9. The minimum atomic E-state index is -4.06. The largest absolute Gasteiger partial charge is 0.280 e. The van der Waals surface area contributed by atoms with Gasteiger partial charge in [0.25, 0.3) is 15.9 Å². The van der Waals surface area contributed by atoms with E-state index in [9.17, 15) is 17.6 Å². The maximum absolute atomic E-state index is 12.9. The molecule has 0 spiro atoms. The Kier molecular flexibility index (Phi) is 5.43. The van der Waals surface area contributed by atoms with Crippen molar-refractivity contribution >= 4 is 33.2 Å². The molecule has 9 heteroatoms. The van der Waals surface area contributed by atoms with Crippen molar-refractivity contribution in [3.8, 4) is 0 Å². The van der Waals surface area contributed by atoms with Crippen molar-refractivity contribution in [3.63, 3.8) is 0 Å². The van der Waals surface area contributed by atoms with Crippen LogP contribution in [0.5, 0.6) is 0 Å². The molecule has 2 aromatic rings. The third kappa shape index (κ3) is 4.02. The number of benzene rings is 2. The summed E-state index contributed by atoms with van der Waals surface area (Å²) in [6, 6.07) is 8.61. The lowest BCUT2D eigenvalue weighted by Gasteiger charge is -2.15. The molecule has 2 rings (SSSR count). The number of nitrogens with one attached hydrogen (secondary N) is 1. The van der Waals surface area contributed by atoms with Gasteiger partial charge >= 0.3 is 0 Å². The number of hydrogen-bond donors (Lipinski definition) is 1. The lowest BCUT2D eigenvalue weighted by molar-refractivity contribution is -0.0757. The first-order valence-electron chi connectivity index (χ1n) is 6.64. The summed E-state index contributed by atoms with van der Waals surface area (Å²) in [5, 5.41) is 0.897. The van der Waals surface area contributed by atoms with E-state index in [1.165, 1.54) is 38.4 Å². The Morgan fingerprint density at radius 1 is 1.21 bits per heavy atom. The molecule has 1 N–H and O–H groups in total. The SMILES string of the molecule is CON(C)C(=O)c1ccc(Cl)c(S(=O)(=O)Nc2ccc(F)cc2)c1. The molecular formula is C15H14ClFN2O4S. The minimum absolute atomic E-state index is 0.0544. The Hall–Kier alpha value is -2.16. The number of anilines is 1. The summed E-state index contributed by atoms with van der Waals surface area (Å²) in [7, 11) is -1.36. The molecule has 6 nitrogen and oxygen atoms in total. The molecule has 0 aromatic heterocycles. The summed E-state index contributed by atoms with van der Waals surface area (Å²) in [6.45, 7) is 0. The molecular weight excluding hydrogens is 359 g/mol. The van der Waals surface area contributed by atoms with Crippen LogP contribution in [0.4, 0.5) is 10.1 Å². The van der Waals surface area contributed by atoms with Gasteiger partial charge in [-0.2, -0.15) is 0 Å². The summed E-state index contributed by atoms with van der Waals surface area (Å²) in [4.78, 5) is 16.6. The average molecular weight is 373 g/mol. The van der Waals surface area contributed by atoms with E-state index in [2.05, 4.69) is 4.72 Å². The fourth-order valence-corrected chi connectivity index (χ4v) is 3.42. The second-order valence-corrected chi connectivity index (χ2v) is 6.80. The highest BCUT2D eigenvalue weighted by molar-refractivity contribution is 7.92. The average Bonchev–Trinajstić information content (AvgIpc) is 2.55. The van der Waals surface area contributed by atoms with Gasteiger partial charge in [-0.05, 0) is 42.5 Å². The van der Waals surface area contributed by atoms with Gasteiger partial charge in [-0.3, -0.25) is 14.4 Å². The van der Waals surface area contributed by atoms with E-state index in [1.54, 1.807) is 0 Å². The fraction of sp³-hybridized carbons (Fsp3) is 0.133. The minimum Gasteiger partial charge on any atom is -0.280 e. The molecule has 128 valence electrons. The molecule has 0 bridgehead atoms. The quantitative estimate of drug-likeness (QED) is 0.819. The van der Waals surface area contributed by atoms with Gasteiger partial charge in [0.1, 0.15) is 10.7 Å². The standard InChI is InChI=1S/C15H14ClFN2O4S/c1-19(23-2)15(20)10-3-8-13(16)14(9-10)24(21,22)18-12-6-4-11(17)5-7-12/h3-9,18H,1-2H3. The number of nitrogens with zero attached hydrogens (tertiary/aromatic N) is 1. The Labute approximate surface area is 143 Å². The fourth-order valence-electron chi connectivity index (χ4n) is 1.84. The van der Waals surface area contributed by atoms with Crippen LogP contribution in [0.15, 0.2) is 47.4 Å². The van der Waals surface area contributed by atoms with Crippen molar-refractivity contribution in [2.24, 2.45) is 0 Å². The van der Waals surface area contributed by atoms with Crippen molar-refractivity contribution < 1.29 is 22.4 Å². The van der Waals surface area contributed by atoms with Crippen molar-refractivity contribution in [3.05, 3.63) is 58.9 Å². The van der Waals surface area contributed by atoms with Gasteiger partial charge in [0.15, 0.2) is 0 Å². The van der Waals surface area contributed by atoms with Crippen LogP contribution in [0, 0.1) is 5.82 Å². The second-order valence-electron chi connectivity index (χ2n) is 4.74. The lowest BCUT2D eigenvalue weighted by atomic mass is 10.2. The first-order valence-corrected chi connectivity index (χ1v) is 8.51. The highest BCUT2D eigenvalue weighted by Gasteiger charge is 2.21. The van der Waals surface area contributed by atoms with Gasteiger partial charge in [0.2, 0.25) is 0 Å². The Bertz CT molecular complexity index is 856. The molecule has 0 saturated carbocycles. The number of carbonyl (C=O) groups is 1. The van der Waals surface area contributed by atoms with Crippen LogP contribution in [0.25, 0.3) is 0 Å². The first kappa shape index (κ1) is 18.2. The number of hydrogen-bond acceptors (Lipinski definition) is 4. The van der Waals surface area contributed by atoms with Gasteiger partial charge in [-0.15, -0.1) is 0 Å². The molecule has 0 atom stereocenters. The predicted molar refractivity (Wildman–Crippen MR) is 87.8 cm³/mol. The molecule has 0 fully saturated rings. The predicted octanol–water partition coefficient (Wildman–Crippen LogP) is 2.91. The Balaban J connectivity index is 2.39. The van der Waals surface area contributed by atoms with Gasteiger partial charge in [0, 0.05) is 18.3 Å². The van der Waals surface area contributed by atoms with E-state index in [1.807, 2.05) is 0 Å². The van der Waals surface area contributed by atoms with Crippen molar-refractivity contribution in [2.45, 2.75) is 4.90 Å². The zero-order chi connectivity index (χ0) is 17.9. The molecule has 2 aromatic carbocycles. The number of carbonyl (C=O) groups excluding carboxylic acids is 1. The summed E-state index contributed by atoms with van der Waals surface area (Å²) < 4.78 is 40.1. The molecule has 0 aliphatic carbocycles. The van der Waals surface area contributed by atoms with Crippen molar-refractivity contribution in [2.75, 3.05) is 18.9 Å². The Morgan fingerprint density at radius 2 is 1.83 bits per heavy atom. The molecule has 1 amide bonds. The van der Waals surface area contributed by atoms with Crippen LogP contribution in [0.3, 0.4) is 0 Å². The van der Waals surface area contributed by atoms with Gasteiger partial charge < -0.3 is 0 Å². The van der Waals surface area contributed by atoms with Crippen LogP contribution in [-0.4, -0.2) is 33.5 Å². The molecule has 0 unspecified atom stereocenters. The topological polar surface area (TPSA) is 75.7 Å². The van der Waals surface area contributed by atoms with Crippen LogP contribution in [0.1, 0.15) is 10.4 Å². The zero-order valence-corrected chi connectivity index (χ0v) is 14.4. The van der Waals surface area contributed by atoms with Gasteiger partial charge in [0.05, 0.1) is 12.1 Å². The third-order valence-electron chi connectivity index (χ3n) is 3.12. The van der Waals surface area contributed by atoms with E-state index in [0.717, 1.165) is 23.3 Å². The monoisotopic (exact) mass is 372 g/mol. The molecule has 24 heavy (non-hydrogen) atoms. The number of amides is 1. The van der Waals surface area contributed by atoms with Crippen molar-refractivity contribution in [1.82, 2.24) is 5.06 Å². The summed E-state index contributed by atoms with van der Waals surface area (Å²) >= 11 is 5.96. The van der Waals surface area contributed by atoms with Crippen LogP contribution in [-0.2, 0) is 14.9 Å². The van der Waals surface area contributed by atoms with Crippen LogP contribution in [0.2, 0.25) is 5.02 Å². The normalized spacial score (nSPS) is 11.2. The van der Waals surface area contributed by atoms with E-state index in [0.29, 0.717) is 0 Å². The van der Waals surface area contributed by atoms with Crippen LogP contribution < -0.4 is 4.72 Å². The smallest absolute Gasteiger partial charge is 0.277 e. The molecule has 0 aliphatic rings. The van der Waals surface area contributed by atoms with Crippen LogP contribution >= 0.6 is 11.6 Å². The van der Waals surface area contributed by atoms with E-state index in [4.69, 9.17) is 16.4 Å².